The first-order valence-corrected chi connectivity index (χ1v) is 7.63. The van der Waals surface area contributed by atoms with Crippen molar-refractivity contribution >= 4 is 33.3 Å². The summed E-state index contributed by atoms with van der Waals surface area (Å²) in [7, 11) is 4.15. The molecule has 1 rings (SSSR count). The molecule has 0 spiro atoms. The number of nitrogens with one attached hydrogen (secondary N) is 2. The van der Waals surface area contributed by atoms with Crippen molar-refractivity contribution in [1.29, 1.82) is 0 Å². The van der Waals surface area contributed by atoms with Crippen LogP contribution in [0.2, 0.25) is 0 Å². The molecule has 0 aliphatic heterocycles. The van der Waals surface area contributed by atoms with Gasteiger partial charge in [-0.2, -0.15) is 0 Å². The Balaban J connectivity index is 2.29. The fraction of sp³-hybridized carbons (Fsp3) is 0.500. The van der Waals surface area contributed by atoms with Gasteiger partial charge in [-0.05, 0) is 63.9 Å². The van der Waals surface area contributed by atoms with Crippen LogP contribution in [0.25, 0.3) is 0 Å². The molecule has 1 aromatic rings. The highest BCUT2D eigenvalue weighted by Gasteiger charge is 2.06. The number of nitrogens with zero attached hydrogens (tertiary/aromatic N) is 1. The minimum atomic E-state index is 0.210. The number of halogens is 1. The Morgan fingerprint density at radius 2 is 1.95 bits per heavy atom. The highest BCUT2D eigenvalue weighted by Crippen LogP contribution is 2.16. The maximum Gasteiger partial charge on any atom is 0.166 e. The van der Waals surface area contributed by atoms with E-state index in [2.05, 4.69) is 64.6 Å². The van der Waals surface area contributed by atoms with E-state index < -0.39 is 0 Å². The van der Waals surface area contributed by atoms with Gasteiger partial charge in [-0.25, -0.2) is 0 Å². The van der Waals surface area contributed by atoms with Gasteiger partial charge < -0.3 is 15.5 Å². The molecule has 3 nitrogen and oxygen atoms in total. The number of thiocarbonyl (C=S) groups is 1. The summed E-state index contributed by atoms with van der Waals surface area (Å²) in [6.45, 7) is 4.08. The average molecular weight is 344 g/mol. The molecule has 5 heteroatoms. The molecule has 0 aromatic heterocycles. The molecule has 0 radical (unpaired) electrons. The predicted octanol–water partition coefficient (Wildman–Crippen LogP) is 2.93. The Morgan fingerprint density at radius 1 is 1.32 bits per heavy atom. The standard InChI is InChI=1S/C14H22BrN3S/c1-11(12-5-7-13(15)8-6-12)17-14(19)16-9-4-10-18(2)3/h5-8,11H,4,9-10H2,1-3H3,(H2,16,17,19)/t11-/m1/s1. The molecule has 19 heavy (non-hydrogen) atoms. The summed E-state index contributed by atoms with van der Waals surface area (Å²) >= 11 is 8.73. The van der Waals surface area contributed by atoms with Crippen LogP contribution in [0.4, 0.5) is 0 Å². The highest BCUT2D eigenvalue weighted by atomic mass is 79.9. The van der Waals surface area contributed by atoms with Gasteiger partial charge >= 0.3 is 0 Å². The Kier molecular flexibility index (Phi) is 7.34. The van der Waals surface area contributed by atoms with Crippen LogP contribution in [-0.2, 0) is 0 Å². The molecule has 1 atom stereocenters. The van der Waals surface area contributed by atoms with Crippen LogP contribution in [-0.4, -0.2) is 37.2 Å². The summed E-state index contributed by atoms with van der Waals surface area (Å²) in [6, 6.07) is 8.48. The Bertz CT molecular complexity index is 392. The van der Waals surface area contributed by atoms with Crippen LogP contribution in [0.3, 0.4) is 0 Å². The Labute approximate surface area is 129 Å². The third-order valence-corrected chi connectivity index (χ3v) is 3.58. The van der Waals surface area contributed by atoms with Crippen molar-refractivity contribution in [3.8, 4) is 0 Å². The van der Waals surface area contributed by atoms with Crippen molar-refractivity contribution in [3.63, 3.8) is 0 Å². The maximum absolute atomic E-state index is 5.29. The Hall–Kier alpha value is -0.650. The van der Waals surface area contributed by atoms with E-state index >= 15 is 0 Å². The average Bonchev–Trinajstić information content (AvgIpc) is 2.35. The van der Waals surface area contributed by atoms with Crippen molar-refractivity contribution in [2.45, 2.75) is 19.4 Å². The summed E-state index contributed by atoms with van der Waals surface area (Å²) in [6.07, 6.45) is 1.08. The van der Waals surface area contributed by atoms with Crippen LogP contribution in [0, 0.1) is 0 Å². The monoisotopic (exact) mass is 343 g/mol. The zero-order chi connectivity index (χ0) is 14.3. The second-order valence-corrected chi connectivity index (χ2v) is 6.15. The van der Waals surface area contributed by atoms with E-state index in [-0.39, 0.29) is 6.04 Å². The number of hydrogen-bond acceptors (Lipinski definition) is 2. The maximum atomic E-state index is 5.29. The molecule has 106 valence electrons. The molecular formula is C14H22BrN3S. The summed E-state index contributed by atoms with van der Waals surface area (Å²) in [5.74, 6) is 0. The van der Waals surface area contributed by atoms with Crippen molar-refractivity contribution in [2.24, 2.45) is 0 Å². The molecule has 0 heterocycles. The lowest BCUT2D eigenvalue weighted by Gasteiger charge is -2.18. The van der Waals surface area contributed by atoms with Crippen LogP contribution < -0.4 is 10.6 Å². The highest BCUT2D eigenvalue weighted by molar-refractivity contribution is 9.10. The summed E-state index contributed by atoms with van der Waals surface area (Å²) in [4.78, 5) is 2.17. The van der Waals surface area contributed by atoms with Crippen LogP contribution >= 0.6 is 28.1 Å². The minimum absolute atomic E-state index is 0.210. The van der Waals surface area contributed by atoms with Crippen molar-refractivity contribution < 1.29 is 0 Å². The van der Waals surface area contributed by atoms with E-state index in [4.69, 9.17) is 12.2 Å². The van der Waals surface area contributed by atoms with Crippen LogP contribution in [0.1, 0.15) is 24.9 Å². The largest absolute Gasteiger partial charge is 0.363 e. The molecule has 0 unspecified atom stereocenters. The second-order valence-electron chi connectivity index (χ2n) is 4.83. The van der Waals surface area contributed by atoms with Crippen LogP contribution in [0.5, 0.6) is 0 Å². The van der Waals surface area contributed by atoms with Crippen molar-refractivity contribution in [3.05, 3.63) is 34.3 Å². The Morgan fingerprint density at radius 3 is 2.53 bits per heavy atom. The van der Waals surface area contributed by atoms with Gasteiger partial charge in [0.15, 0.2) is 5.11 Å². The smallest absolute Gasteiger partial charge is 0.166 e. The number of benzene rings is 1. The molecule has 0 fully saturated rings. The van der Waals surface area contributed by atoms with Crippen molar-refractivity contribution in [2.75, 3.05) is 27.2 Å². The lowest BCUT2D eigenvalue weighted by molar-refractivity contribution is 0.400. The SMILES string of the molecule is C[C@@H](NC(=S)NCCCN(C)C)c1ccc(Br)cc1. The third kappa shape index (κ3) is 6.89. The van der Waals surface area contributed by atoms with Gasteiger partial charge in [0.25, 0.3) is 0 Å². The molecule has 0 saturated heterocycles. The first kappa shape index (κ1) is 16.4. The molecule has 0 amide bonds. The summed E-state index contributed by atoms with van der Waals surface area (Å²) in [5.41, 5.74) is 1.22. The quantitative estimate of drug-likeness (QED) is 0.613. The van der Waals surface area contributed by atoms with E-state index in [1.165, 1.54) is 5.56 Å². The van der Waals surface area contributed by atoms with Gasteiger partial charge in [0.2, 0.25) is 0 Å². The van der Waals surface area contributed by atoms with Gasteiger partial charge in [0, 0.05) is 11.0 Å². The van der Waals surface area contributed by atoms with E-state index in [0.29, 0.717) is 5.11 Å². The number of rotatable bonds is 6. The molecule has 0 aliphatic carbocycles. The minimum Gasteiger partial charge on any atom is -0.363 e. The predicted molar refractivity (Wildman–Crippen MR) is 89.5 cm³/mol. The zero-order valence-electron chi connectivity index (χ0n) is 11.7. The third-order valence-electron chi connectivity index (χ3n) is 2.79. The van der Waals surface area contributed by atoms with Crippen LogP contribution in [0.15, 0.2) is 28.7 Å². The van der Waals surface area contributed by atoms with Gasteiger partial charge in [-0.15, -0.1) is 0 Å². The molecule has 0 saturated carbocycles. The summed E-state index contributed by atoms with van der Waals surface area (Å²) in [5, 5.41) is 7.25. The first-order chi connectivity index (χ1) is 8.99. The summed E-state index contributed by atoms with van der Waals surface area (Å²) < 4.78 is 1.09. The molecular weight excluding hydrogens is 322 g/mol. The van der Waals surface area contributed by atoms with Gasteiger partial charge in [0.1, 0.15) is 0 Å². The van der Waals surface area contributed by atoms with E-state index in [0.717, 1.165) is 24.0 Å². The van der Waals surface area contributed by atoms with Gasteiger partial charge in [-0.3, -0.25) is 0 Å². The van der Waals surface area contributed by atoms with E-state index in [1.54, 1.807) is 0 Å². The van der Waals surface area contributed by atoms with Gasteiger partial charge in [0.05, 0.1) is 6.04 Å². The second kappa shape index (κ2) is 8.51. The molecule has 0 bridgehead atoms. The fourth-order valence-corrected chi connectivity index (χ4v) is 2.22. The topological polar surface area (TPSA) is 27.3 Å². The molecule has 1 aromatic carbocycles. The normalized spacial score (nSPS) is 12.3. The number of hydrogen-bond donors (Lipinski definition) is 2. The molecule has 2 N–H and O–H groups in total. The zero-order valence-corrected chi connectivity index (χ0v) is 14.1. The van der Waals surface area contributed by atoms with E-state index in [9.17, 15) is 0 Å². The molecule has 0 aliphatic rings. The first-order valence-electron chi connectivity index (χ1n) is 6.43. The van der Waals surface area contributed by atoms with E-state index in [1.807, 2.05) is 12.1 Å². The van der Waals surface area contributed by atoms with Gasteiger partial charge in [-0.1, -0.05) is 28.1 Å². The lowest BCUT2D eigenvalue weighted by atomic mass is 10.1. The van der Waals surface area contributed by atoms with Crippen molar-refractivity contribution in [1.82, 2.24) is 15.5 Å². The lowest BCUT2D eigenvalue weighted by Crippen LogP contribution is -2.37. The fourth-order valence-electron chi connectivity index (χ4n) is 1.68.